The third-order valence-electron chi connectivity index (χ3n) is 13.0. The van der Waals surface area contributed by atoms with Crippen molar-refractivity contribution in [2.24, 2.45) is 50.2 Å². The van der Waals surface area contributed by atoms with Crippen LogP contribution in [0.2, 0.25) is 0 Å². The minimum atomic E-state index is -0.679. The van der Waals surface area contributed by atoms with Crippen LogP contribution in [0.3, 0.4) is 0 Å². The number of hydrogen-bond donors (Lipinski definition) is 3. The summed E-state index contributed by atoms with van der Waals surface area (Å²) < 4.78 is 0. The van der Waals surface area contributed by atoms with E-state index >= 15 is 0 Å². The average Bonchev–Trinajstić information content (AvgIpc) is 2.72. The fraction of sp³-hybridized carbons (Fsp3) is 0.900. The molecule has 9 atom stereocenters. The number of fused-ring (bicyclic) bond motifs is 7. The van der Waals surface area contributed by atoms with Crippen molar-refractivity contribution in [3.63, 3.8) is 0 Å². The summed E-state index contributed by atoms with van der Waals surface area (Å²) in [6.07, 6.45) is 9.45. The molecule has 0 amide bonds. The molecule has 0 aromatic rings. The maximum atomic E-state index is 12.8. The van der Waals surface area contributed by atoms with Crippen molar-refractivity contribution in [3.8, 4) is 0 Å². The quantitative estimate of drug-likeness (QED) is 0.397. The molecule has 0 radical (unpaired) electrons. The van der Waals surface area contributed by atoms with Crippen molar-refractivity contribution in [2.45, 2.75) is 118 Å². The third-order valence-corrected chi connectivity index (χ3v) is 13.0. The van der Waals surface area contributed by atoms with E-state index in [0.29, 0.717) is 18.3 Å². The smallest absolute Gasteiger partial charge is 0.310 e. The van der Waals surface area contributed by atoms with E-state index in [4.69, 9.17) is 0 Å². The van der Waals surface area contributed by atoms with Crippen LogP contribution in [0.15, 0.2) is 11.6 Å². The molecule has 4 heteroatoms. The van der Waals surface area contributed by atoms with Crippen molar-refractivity contribution in [2.75, 3.05) is 0 Å². The van der Waals surface area contributed by atoms with Crippen LogP contribution in [0.25, 0.3) is 0 Å². The topological polar surface area (TPSA) is 77.8 Å². The molecule has 0 heterocycles. The van der Waals surface area contributed by atoms with Gasteiger partial charge in [-0.2, -0.15) is 0 Å². The molecule has 34 heavy (non-hydrogen) atoms. The van der Waals surface area contributed by atoms with Crippen LogP contribution in [0.5, 0.6) is 0 Å². The van der Waals surface area contributed by atoms with Crippen molar-refractivity contribution in [3.05, 3.63) is 11.6 Å². The Bertz CT molecular complexity index is 919. The lowest BCUT2D eigenvalue weighted by Crippen LogP contribution is -2.67. The van der Waals surface area contributed by atoms with E-state index in [1.165, 1.54) is 5.57 Å². The van der Waals surface area contributed by atoms with Crippen LogP contribution in [0, 0.1) is 50.2 Å². The molecule has 0 spiro atoms. The molecular formula is C30H48O4. The fourth-order valence-electron chi connectivity index (χ4n) is 10.8. The minimum Gasteiger partial charge on any atom is -0.481 e. The first-order chi connectivity index (χ1) is 15.6. The van der Waals surface area contributed by atoms with E-state index in [9.17, 15) is 20.1 Å². The van der Waals surface area contributed by atoms with Crippen LogP contribution in [0.1, 0.15) is 106 Å². The summed E-state index contributed by atoms with van der Waals surface area (Å²) in [5.74, 6) is 0.365. The van der Waals surface area contributed by atoms with E-state index in [1.807, 2.05) is 0 Å². The zero-order valence-corrected chi connectivity index (χ0v) is 22.6. The molecule has 3 N–H and O–H groups in total. The van der Waals surface area contributed by atoms with Crippen molar-refractivity contribution < 1.29 is 20.1 Å². The highest BCUT2D eigenvalue weighted by Crippen LogP contribution is 2.75. The van der Waals surface area contributed by atoms with Gasteiger partial charge in [-0.1, -0.05) is 60.1 Å². The van der Waals surface area contributed by atoms with E-state index in [1.54, 1.807) is 0 Å². The molecule has 0 bridgehead atoms. The molecule has 0 saturated heterocycles. The Morgan fingerprint density at radius 1 is 0.882 bits per heavy atom. The summed E-state index contributed by atoms with van der Waals surface area (Å²) in [5, 5.41) is 32.4. The number of aliphatic carboxylic acids is 1. The second-order valence-electron chi connectivity index (χ2n) is 15.2. The highest BCUT2D eigenvalue weighted by molar-refractivity contribution is 5.76. The first kappa shape index (κ1) is 24.8. The van der Waals surface area contributed by atoms with Gasteiger partial charge in [0.05, 0.1) is 17.6 Å². The second kappa shape index (κ2) is 7.12. The predicted molar refractivity (Wildman–Crippen MR) is 134 cm³/mol. The lowest BCUT2D eigenvalue weighted by Gasteiger charge is -2.71. The lowest BCUT2D eigenvalue weighted by molar-refractivity contribution is -0.231. The molecular weight excluding hydrogens is 424 g/mol. The minimum absolute atomic E-state index is 0.00785. The molecule has 4 saturated carbocycles. The number of rotatable bonds is 1. The summed E-state index contributed by atoms with van der Waals surface area (Å²) in [7, 11) is 0. The van der Waals surface area contributed by atoms with Crippen molar-refractivity contribution in [1.82, 2.24) is 0 Å². The van der Waals surface area contributed by atoms with Gasteiger partial charge in [-0.05, 0) is 103 Å². The van der Waals surface area contributed by atoms with Gasteiger partial charge in [0.1, 0.15) is 0 Å². The Balaban J connectivity index is 1.61. The lowest BCUT2D eigenvalue weighted by atomic mass is 9.33. The maximum absolute atomic E-state index is 12.8. The van der Waals surface area contributed by atoms with Crippen LogP contribution in [0.4, 0.5) is 0 Å². The van der Waals surface area contributed by atoms with E-state index in [-0.39, 0.29) is 33.0 Å². The molecule has 5 aliphatic carbocycles. The van der Waals surface area contributed by atoms with Gasteiger partial charge < -0.3 is 15.3 Å². The first-order valence-electron chi connectivity index (χ1n) is 13.9. The molecule has 6 unspecified atom stereocenters. The molecule has 4 nitrogen and oxygen atoms in total. The summed E-state index contributed by atoms with van der Waals surface area (Å²) >= 11 is 0. The Hall–Kier alpha value is -0.870. The molecule has 0 aromatic heterocycles. The number of carbonyl (C=O) groups is 1. The highest BCUT2D eigenvalue weighted by Gasteiger charge is 2.70. The largest absolute Gasteiger partial charge is 0.481 e. The van der Waals surface area contributed by atoms with Crippen LogP contribution in [-0.2, 0) is 4.79 Å². The monoisotopic (exact) mass is 472 g/mol. The van der Waals surface area contributed by atoms with Crippen molar-refractivity contribution in [1.29, 1.82) is 0 Å². The zero-order valence-electron chi connectivity index (χ0n) is 22.6. The number of carboxylic acids is 1. The van der Waals surface area contributed by atoms with Crippen LogP contribution < -0.4 is 0 Å². The van der Waals surface area contributed by atoms with E-state index in [0.717, 1.165) is 51.4 Å². The van der Waals surface area contributed by atoms with Gasteiger partial charge >= 0.3 is 5.97 Å². The predicted octanol–water partition coefficient (Wildman–Crippen LogP) is 6.20. The average molecular weight is 473 g/mol. The molecule has 0 aliphatic heterocycles. The number of aliphatic hydroxyl groups is 2. The Morgan fingerprint density at radius 2 is 1.53 bits per heavy atom. The van der Waals surface area contributed by atoms with E-state index < -0.39 is 23.6 Å². The number of carboxylic acid groups (broad SMARTS) is 1. The summed E-state index contributed by atoms with van der Waals surface area (Å²) in [5.41, 5.74) is 0.754. The highest BCUT2D eigenvalue weighted by atomic mass is 16.4. The Labute approximate surface area is 206 Å². The van der Waals surface area contributed by atoms with Gasteiger partial charge in [0.2, 0.25) is 0 Å². The Morgan fingerprint density at radius 3 is 2.18 bits per heavy atom. The number of allylic oxidation sites excluding steroid dienone is 2. The van der Waals surface area contributed by atoms with Crippen LogP contribution in [-0.4, -0.2) is 33.5 Å². The van der Waals surface area contributed by atoms with Gasteiger partial charge in [-0.25, -0.2) is 0 Å². The first-order valence-corrected chi connectivity index (χ1v) is 13.9. The normalized spacial score (nSPS) is 53.4. The Kier molecular flexibility index (Phi) is 5.20. The molecule has 5 aliphatic rings. The fourth-order valence-corrected chi connectivity index (χ4v) is 10.8. The SMILES string of the molecule is CC1(C)CCC2(C(=O)O)CC[C@]3(C)C(=CCC4C5(C)C[C@@H](O)[C@@H](O)C(C)(C)C5CCC43C)C2C1. The van der Waals surface area contributed by atoms with Crippen LogP contribution >= 0.6 is 0 Å². The van der Waals surface area contributed by atoms with E-state index in [2.05, 4.69) is 54.5 Å². The molecule has 4 fully saturated rings. The number of hydrogen-bond acceptors (Lipinski definition) is 3. The molecule has 5 rings (SSSR count). The standard InChI is InChI=1S/C30H48O4/c1-25(2)12-14-30(24(33)34)15-13-28(6)18(19(30)16-25)8-9-22-27(5)17-20(31)23(32)26(3,4)21(27)10-11-29(22,28)7/h8,19-23,31-32H,9-17H2,1-7H3,(H,33,34)/t19?,20-,21?,22?,23-,27?,28-,29?,30?/m1/s1. The summed E-state index contributed by atoms with van der Waals surface area (Å²) in [6, 6.07) is 0. The van der Waals surface area contributed by atoms with Gasteiger partial charge in [-0.15, -0.1) is 0 Å². The van der Waals surface area contributed by atoms with Crippen molar-refractivity contribution >= 4 is 5.97 Å². The summed E-state index contributed by atoms with van der Waals surface area (Å²) in [4.78, 5) is 12.8. The molecule has 192 valence electrons. The molecule has 0 aromatic carbocycles. The summed E-state index contributed by atoms with van der Waals surface area (Å²) in [6.45, 7) is 16.3. The maximum Gasteiger partial charge on any atom is 0.310 e. The second-order valence-corrected chi connectivity index (χ2v) is 15.2. The zero-order chi connectivity index (χ0) is 25.1. The van der Waals surface area contributed by atoms with Gasteiger partial charge in [0, 0.05) is 0 Å². The number of aliphatic hydroxyl groups excluding tert-OH is 2. The van der Waals surface area contributed by atoms with Gasteiger partial charge in [-0.3, -0.25) is 4.79 Å². The van der Waals surface area contributed by atoms with Gasteiger partial charge in [0.15, 0.2) is 0 Å². The van der Waals surface area contributed by atoms with Gasteiger partial charge in [0.25, 0.3) is 0 Å². The third kappa shape index (κ3) is 2.88.